The molecule has 3 aromatic rings. The number of aryl methyl sites for hydroxylation is 1. The quantitative estimate of drug-likeness (QED) is 0.649. The van der Waals surface area contributed by atoms with Crippen molar-refractivity contribution in [3.63, 3.8) is 0 Å². The molecule has 0 fully saturated rings. The van der Waals surface area contributed by atoms with Crippen molar-refractivity contribution < 1.29 is 9.53 Å². The van der Waals surface area contributed by atoms with Crippen LogP contribution in [0.3, 0.4) is 0 Å². The predicted octanol–water partition coefficient (Wildman–Crippen LogP) is 4.52. The second kappa shape index (κ2) is 7.55. The lowest BCUT2D eigenvalue weighted by atomic mass is 9.99. The summed E-state index contributed by atoms with van der Waals surface area (Å²) < 4.78 is 4.67. The molecule has 3 rings (SSSR count). The maximum atomic E-state index is 11.2. The second-order valence-corrected chi connectivity index (χ2v) is 5.59. The first kappa shape index (κ1) is 15.9. The fourth-order valence-corrected chi connectivity index (χ4v) is 2.60. The van der Waals surface area contributed by atoms with Crippen LogP contribution in [-0.4, -0.2) is 18.1 Å². The van der Waals surface area contributed by atoms with Crippen molar-refractivity contribution >= 4 is 5.97 Å². The van der Waals surface area contributed by atoms with Gasteiger partial charge in [-0.3, -0.25) is 9.78 Å². The Morgan fingerprint density at radius 2 is 1.46 bits per heavy atom. The van der Waals surface area contributed by atoms with Crippen molar-refractivity contribution in [1.29, 1.82) is 0 Å². The normalized spacial score (nSPS) is 10.4. The maximum absolute atomic E-state index is 11.2. The molecule has 0 saturated carbocycles. The minimum absolute atomic E-state index is 0.176. The average molecular weight is 317 g/mol. The predicted molar refractivity (Wildman–Crippen MR) is 95.4 cm³/mol. The van der Waals surface area contributed by atoms with Crippen LogP contribution in [0.5, 0.6) is 0 Å². The molecule has 0 aliphatic heterocycles. The van der Waals surface area contributed by atoms with Gasteiger partial charge in [0.1, 0.15) is 0 Å². The number of ether oxygens (including phenoxy) is 1. The summed E-state index contributed by atoms with van der Waals surface area (Å²) in [7, 11) is 1.42. The zero-order valence-electron chi connectivity index (χ0n) is 13.6. The van der Waals surface area contributed by atoms with E-state index in [2.05, 4.69) is 64.3 Å². The first-order chi connectivity index (χ1) is 11.8. The van der Waals surface area contributed by atoms with Gasteiger partial charge in [-0.25, -0.2) is 0 Å². The van der Waals surface area contributed by atoms with E-state index in [4.69, 9.17) is 0 Å². The number of nitrogens with zero attached hydrogens (tertiary/aromatic N) is 1. The standard InChI is InChI=1S/C21H19NO2/c1-24-21(23)13-6-16-4-7-17(8-5-16)18-9-11-19(12-10-18)20-3-2-14-22-15-20/h2-5,7-12,14-15H,6,13H2,1H3. The zero-order chi connectivity index (χ0) is 16.8. The van der Waals surface area contributed by atoms with Crippen LogP contribution in [0.4, 0.5) is 0 Å². The van der Waals surface area contributed by atoms with E-state index in [1.165, 1.54) is 12.7 Å². The van der Waals surface area contributed by atoms with E-state index >= 15 is 0 Å². The number of pyridine rings is 1. The molecule has 0 saturated heterocycles. The van der Waals surface area contributed by atoms with Gasteiger partial charge in [-0.15, -0.1) is 0 Å². The molecule has 0 spiro atoms. The second-order valence-electron chi connectivity index (χ2n) is 5.59. The molecule has 0 radical (unpaired) electrons. The SMILES string of the molecule is COC(=O)CCc1ccc(-c2ccc(-c3cccnc3)cc2)cc1. The Balaban J connectivity index is 1.71. The fourth-order valence-electron chi connectivity index (χ4n) is 2.60. The number of hydrogen-bond donors (Lipinski definition) is 0. The average Bonchev–Trinajstić information content (AvgIpc) is 2.67. The summed E-state index contributed by atoms with van der Waals surface area (Å²) in [5, 5.41) is 0. The highest BCUT2D eigenvalue weighted by atomic mass is 16.5. The van der Waals surface area contributed by atoms with E-state index in [0.29, 0.717) is 12.8 Å². The molecule has 3 heteroatoms. The van der Waals surface area contributed by atoms with Crippen LogP contribution < -0.4 is 0 Å². The molecule has 0 aliphatic carbocycles. The van der Waals surface area contributed by atoms with Crippen LogP contribution in [0.25, 0.3) is 22.3 Å². The highest BCUT2D eigenvalue weighted by Crippen LogP contribution is 2.24. The Bertz CT molecular complexity index is 794. The molecular weight excluding hydrogens is 298 g/mol. The summed E-state index contributed by atoms with van der Waals surface area (Å²) in [5.41, 5.74) is 5.73. The monoisotopic (exact) mass is 317 g/mol. The van der Waals surface area contributed by atoms with E-state index in [1.54, 1.807) is 6.20 Å². The van der Waals surface area contributed by atoms with Gasteiger partial charge in [0.15, 0.2) is 0 Å². The van der Waals surface area contributed by atoms with E-state index in [1.807, 2.05) is 12.3 Å². The molecule has 3 nitrogen and oxygen atoms in total. The van der Waals surface area contributed by atoms with Gasteiger partial charge in [0, 0.05) is 18.8 Å². The van der Waals surface area contributed by atoms with Gasteiger partial charge in [0.05, 0.1) is 7.11 Å². The van der Waals surface area contributed by atoms with Gasteiger partial charge in [0.2, 0.25) is 0 Å². The van der Waals surface area contributed by atoms with Crippen molar-refractivity contribution in [2.24, 2.45) is 0 Å². The Kier molecular flexibility index (Phi) is 5.02. The summed E-state index contributed by atoms with van der Waals surface area (Å²) in [6, 6.07) is 20.7. The number of benzene rings is 2. The van der Waals surface area contributed by atoms with Crippen LogP contribution in [0, 0.1) is 0 Å². The molecule has 2 aromatic carbocycles. The van der Waals surface area contributed by atoms with Gasteiger partial charge in [0.25, 0.3) is 0 Å². The molecule has 0 bridgehead atoms. The van der Waals surface area contributed by atoms with Crippen LogP contribution in [0.1, 0.15) is 12.0 Å². The molecular formula is C21H19NO2. The summed E-state index contributed by atoms with van der Waals surface area (Å²) >= 11 is 0. The maximum Gasteiger partial charge on any atom is 0.305 e. The van der Waals surface area contributed by atoms with E-state index in [0.717, 1.165) is 22.3 Å². The molecule has 24 heavy (non-hydrogen) atoms. The fraction of sp³-hybridized carbons (Fsp3) is 0.143. The number of carbonyl (C=O) groups excluding carboxylic acids is 1. The Morgan fingerprint density at radius 3 is 2.00 bits per heavy atom. The van der Waals surface area contributed by atoms with Crippen molar-refractivity contribution in [3.8, 4) is 22.3 Å². The minimum atomic E-state index is -0.176. The number of rotatable bonds is 5. The lowest BCUT2D eigenvalue weighted by Crippen LogP contribution is -2.01. The third-order valence-electron chi connectivity index (χ3n) is 4.01. The highest BCUT2D eigenvalue weighted by Gasteiger charge is 2.03. The van der Waals surface area contributed by atoms with E-state index in [-0.39, 0.29) is 5.97 Å². The van der Waals surface area contributed by atoms with E-state index < -0.39 is 0 Å². The molecule has 0 amide bonds. The van der Waals surface area contributed by atoms with Crippen LogP contribution in [0.2, 0.25) is 0 Å². The van der Waals surface area contributed by atoms with Crippen molar-refractivity contribution in [3.05, 3.63) is 78.6 Å². The summed E-state index contributed by atoms with van der Waals surface area (Å²) in [5.74, 6) is -0.176. The lowest BCUT2D eigenvalue weighted by Gasteiger charge is -2.06. The first-order valence-electron chi connectivity index (χ1n) is 7.93. The summed E-state index contributed by atoms with van der Waals surface area (Å²) in [4.78, 5) is 15.4. The molecule has 0 unspecified atom stereocenters. The third kappa shape index (κ3) is 3.87. The summed E-state index contributed by atoms with van der Waals surface area (Å²) in [6.07, 6.45) is 4.76. The van der Waals surface area contributed by atoms with Crippen molar-refractivity contribution in [2.75, 3.05) is 7.11 Å². The smallest absolute Gasteiger partial charge is 0.305 e. The van der Waals surface area contributed by atoms with Crippen molar-refractivity contribution in [1.82, 2.24) is 4.98 Å². The number of esters is 1. The molecule has 0 aliphatic rings. The van der Waals surface area contributed by atoms with E-state index in [9.17, 15) is 4.79 Å². The summed E-state index contributed by atoms with van der Waals surface area (Å²) in [6.45, 7) is 0. The topological polar surface area (TPSA) is 39.2 Å². The molecule has 0 atom stereocenters. The Labute approximate surface area is 142 Å². The van der Waals surface area contributed by atoms with Crippen LogP contribution >= 0.6 is 0 Å². The molecule has 1 aromatic heterocycles. The van der Waals surface area contributed by atoms with Gasteiger partial charge in [-0.1, -0.05) is 54.6 Å². The Morgan fingerprint density at radius 1 is 0.875 bits per heavy atom. The third-order valence-corrected chi connectivity index (χ3v) is 4.01. The van der Waals surface area contributed by atoms with Crippen LogP contribution in [-0.2, 0) is 16.0 Å². The minimum Gasteiger partial charge on any atom is -0.469 e. The zero-order valence-corrected chi connectivity index (χ0v) is 13.6. The van der Waals surface area contributed by atoms with Crippen molar-refractivity contribution in [2.45, 2.75) is 12.8 Å². The lowest BCUT2D eigenvalue weighted by molar-refractivity contribution is -0.140. The van der Waals surface area contributed by atoms with Gasteiger partial charge in [-0.2, -0.15) is 0 Å². The van der Waals surface area contributed by atoms with Gasteiger partial charge < -0.3 is 4.74 Å². The number of carbonyl (C=O) groups is 1. The number of aromatic nitrogens is 1. The Hall–Kier alpha value is -2.94. The number of hydrogen-bond acceptors (Lipinski definition) is 3. The van der Waals surface area contributed by atoms with Gasteiger partial charge >= 0.3 is 5.97 Å². The molecule has 1 heterocycles. The van der Waals surface area contributed by atoms with Gasteiger partial charge in [-0.05, 0) is 40.3 Å². The highest BCUT2D eigenvalue weighted by molar-refractivity contribution is 5.71. The first-order valence-corrected chi connectivity index (χ1v) is 7.93. The van der Waals surface area contributed by atoms with Crippen LogP contribution in [0.15, 0.2) is 73.1 Å². The number of methoxy groups -OCH3 is 1. The molecule has 120 valence electrons. The molecule has 0 N–H and O–H groups in total. The largest absolute Gasteiger partial charge is 0.469 e.